The number of rotatable bonds is 6. The van der Waals surface area contributed by atoms with E-state index in [1.165, 1.54) is 6.42 Å². The fraction of sp³-hybridized carbons (Fsp3) is 0.579. The molecule has 0 radical (unpaired) electrons. The Kier molecular flexibility index (Phi) is 7.25. The summed E-state index contributed by atoms with van der Waals surface area (Å²) < 4.78 is 0. The Labute approximate surface area is 144 Å². The Hall–Kier alpha value is -1.88. The molecule has 0 aliphatic heterocycles. The van der Waals surface area contributed by atoms with E-state index in [9.17, 15) is 9.59 Å². The predicted molar refractivity (Wildman–Crippen MR) is 95.5 cm³/mol. The first-order valence-electron chi connectivity index (χ1n) is 8.99. The highest BCUT2D eigenvalue weighted by atomic mass is 16.2. The average molecular weight is 331 g/mol. The van der Waals surface area contributed by atoms with E-state index in [-0.39, 0.29) is 24.0 Å². The third-order valence-corrected chi connectivity index (χ3v) is 4.74. The van der Waals surface area contributed by atoms with Crippen LogP contribution in [0.3, 0.4) is 0 Å². The summed E-state index contributed by atoms with van der Waals surface area (Å²) in [4.78, 5) is 26.5. The van der Waals surface area contributed by atoms with Crippen molar-refractivity contribution in [3.05, 3.63) is 35.9 Å². The van der Waals surface area contributed by atoms with Crippen LogP contribution in [0.15, 0.2) is 30.3 Å². The molecular weight excluding hydrogens is 302 g/mol. The molecule has 1 aromatic rings. The lowest BCUT2D eigenvalue weighted by Crippen LogP contribution is -2.51. The van der Waals surface area contributed by atoms with Crippen LogP contribution in [0, 0.1) is 0 Å². The Morgan fingerprint density at radius 1 is 1.17 bits per heavy atom. The molecule has 1 aromatic carbocycles. The Bertz CT molecular complexity index is 527. The van der Waals surface area contributed by atoms with Crippen LogP contribution in [0.4, 0.5) is 4.79 Å². The zero-order chi connectivity index (χ0) is 17.4. The van der Waals surface area contributed by atoms with Crippen LogP contribution >= 0.6 is 0 Å². The van der Waals surface area contributed by atoms with Gasteiger partial charge in [-0.05, 0) is 31.9 Å². The molecule has 1 aliphatic rings. The Morgan fingerprint density at radius 3 is 2.46 bits per heavy atom. The van der Waals surface area contributed by atoms with E-state index in [4.69, 9.17) is 0 Å². The Balaban J connectivity index is 1.83. The number of benzene rings is 1. The molecule has 5 nitrogen and oxygen atoms in total. The third kappa shape index (κ3) is 5.64. The van der Waals surface area contributed by atoms with Crippen molar-refractivity contribution in [2.24, 2.45) is 0 Å². The van der Waals surface area contributed by atoms with Crippen molar-refractivity contribution in [3.8, 4) is 0 Å². The van der Waals surface area contributed by atoms with E-state index in [2.05, 4.69) is 15.5 Å². The van der Waals surface area contributed by atoms with Crippen molar-refractivity contribution in [2.75, 3.05) is 6.54 Å². The van der Waals surface area contributed by atoms with Gasteiger partial charge < -0.3 is 5.32 Å². The topological polar surface area (TPSA) is 61.4 Å². The second-order valence-corrected chi connectivity index (χ2v) is 6.52. The molecule has 0 saturated heterocycles. The van der Waals surface area contributed by atoms with Gasteiger partial charge in [-0.2, -0.15) is 0 Å². The normalized spacial score (nSPS) is 16.6. The molecule has 1 unspecified atom stereocenters. The van der Waals surface area contributed by atoms with E-state index in [0.717, 1.165) is 37.8 Å². The number of nitrogens with one attached hydrogen (secondary N) is 2. The molecule has 1 saturated carbocycles. The molecular formula is C19H29N3O2. The lowest BCUT2D eigenvalue weighted by molar-refractivity contribution is -0.124. The van der Waals surface area contributed by atoms with Crippen LogP contribution in [0.2, 0.25) is 0 Å². The summed E-state index contributed by atoms with van der Waals surface area (Å²) in [5.74, 6) is -0.249. The predicted octanol–water partition coefficient (Wildman–Crippen LogP) is 3.06. The number of amides is 3. The van der Waals surface area contributed by atoms with Gasteiger partial charge >= 0.3 is 6.03 Å². The van der Waals surface area contributed by atoms with E-state index >= 15 is 0 Å². The maximum atomic E-state index is 12.4. The number of carbonyl (C=O) groups excluding carboxylic acids is 2. The summed E-state index contributed by atoms with van der Waals surface area (Å²) in [6.45, 7) is 5.30. The highest BCUT2D eigenvalue weighted by Crippen LogP contribution is 2.17. The van der Waals surface area contributed by atoms with Crippen molar-refractivity contribution >= 4 is 11.9 Å². The maximum Gasteiger partial charge on any atom is 0.321 e. The van der Waals surface area contributed by atoms with Crippen molar-refractivity contribution in [1.29, 1.82) is 0 Å². The van der Waals surface area contributed by atoms with Crippen LogP contribution in [0.5, 0.6) is 0 Å². The van der Waals surface area contributed by atoms with E-state index in [1.807, 2.05) is 44.2 Å². The summed E-state index contributed by atoms with van der Waals surface area (Å²) in [5, 5.41) is 5.42. The molecule has 0 heterocycles. The average Bonchev–Trinajstić information content (AvgIpc) is 2.60. The number of nitrogens with zero attached hydrogens (tertiary/aromatic N) is 1. The smallest absolute Gasteiger partial charge is 0.321 e. The quantitative estimate of drug-likeness (QED) is 0.842. The molecule has 0 spiro atoms. The first-order valence-corrected chi connectivity index (χ1v) is 8.99. The van der Waals surface area contributed by atoms with Crippen molar-refractivity contribution in [1.82, 2.24) is 15.5 Å². The molecule has 0 bridgehead atoms. The van der Waals surface area contributed by atoms with Gasteiger partial charge in [0, 0.05) is 12.6 Å². The summed E-state index contributed by atoms with van der Waals surface area (Å²) in [7, 11) is 0. The van der Waals surface area contributed by atoms with Gasteiger partial charge in [-0.1, -0.05) is 56.5 Å². The van der Waals surface area contributed by atoms with Gasteiger partial charge in [0.25, 0.3) is 0 Å². The maximum absolute atomic E-state index is 12.4. The van der Waals surface area contributed by atoms with Gasteiger partial charge in [-0.15, -0.1) is 0 Å². The molecule has 1 fully saturated rings. The lowest BCUT2D eigenvalue weighted by Gasteiger charge is -2.27. The number of likely N-dealkylation sites (N-methyl/N-ethyl adjacent to an activating group) is 1. The molecule has 1 atom stereocenters. The molecule has 132 valence electrons. The number of carbonyl (C=O) groups is 2. The van der Waals surface area contributed by atoms with Gasteiger partial charge in [0.1, 0.15) is 0 Å². The molecule has 24 heavy (non-hydrogen) atoms. The summed E-state index contributed by atoms with van der Waals surface area (Å²) in [6, 6.07) is 9.53. The van der Waals surface area contributed by atoms with Gasteiger partial charge in [-0.3, -0.25) is 15.0 Å². The van der Waals surface area contributed by atoms with Crippen LogP contribution in [0.1, 0.15) is 51.5 Å². The van der Waals surface area contributed by atoms with Gasteiger partial charge in [-0.25, -0.2) is 4.79 Å². The minimum Gasteiger partial charge on any atom is -0.335 e. The van der Waals surface area contributed by atoms with Crippen LogP contribution in [-0.2, 0) is 11.3 Å². The van der Waals surface area contributed by atoms with Crippen LogP contribution < -0.4 is 10.6 Å². The molecule has 3 amide bonds. The fourth-order valence-corrected chi connectivity index (χ4v) is 3.19. The highest BCUT2D eigenvalue weighted by molar-refractivity contribution is 5.96. The van der Waals surface area contributed by atoms with Crippen molar-refractivity contribution in [3.63, 3.8) is 0 Å². The first-order chi connectivity index (χ1) is 11.6. The molecule has 5 heteroatoms. The van der Waals surface area contributed by atoms with E-state index in [1.54, 1.807) is 0 Å². The fourth-order valence-electron chi connectivity index (χ4n) is 3.19. The lowest BCUT2D eigenvalue weighted by atomic mass is 9.96. The van der Waals surface area contributed by atoms with E-state index in [0.29, 0.717) is 6.54 Å². The van der Waals surface area contributed by atoms with Crippen LogP contribution in [-0.4, -0.2) is 35.5 Å². The van der Waals surface area contributed by atoms with Gasteiger partial charge in [0.05, 0.1) is 6.04 Å². The summed E-state index contributed by atoms with van der Waals surface area (Å²) in [6.07, 6.45) is 5.55. The molecule has 1 aliphatic carbocycles. The number of hydrogen-bond donors (Lipinski definition) is 2. The monoisotopic (exact) mass is 331 g/mol. The number of urea groups is 1. The van der Waals surface area contributed by atoms with Crippen LogP contribution in [0.25, 0.3) is 0 Å². The second-order valence-electron chi connectivity index (χ2n) is 6.52. The largest absolute Gasteiger partial charge is 0.335 e. The SMILES string of the molecule is CCN(Cc1ccccc1)C(C)C(=O)NC(=O)NC1CCCCC1. The number of imide groups is 1. The minimum absolute atomic E-state index is 0.202. The standard InChI is InChI=1S/C19H29N3O2/c1-3-22(14-16-10-6-4-7-11-16)15(2)18(23)21-19(24)20-17-12-8-5-9-13-17/h4,6-7,10-11,15,17H,3,5,8-9,12-14H2,1-2H3,(H2,20,21,23,24). The van der Waals surface area contributed by atoms with Crippen molar-refractivity contribution < 1.29 is 9.59 Å². The summed E-state index contributed by atoms with van der Waals surface area (Å²) in [5.41, 5.74) is 1.16. The third-order valence-electron chi connectivity index (χ3n) is 4.74. The Morgan fingerprint density at radius 2 is 1.83 bits per heavy atom. The summed E-state index contributed by atoms with van der Waals surface area (Å²) >= 11 is 0. The number of hydrogen-bond acceptors (Lipinski definition) is 3. The zero-order valence-corrected chi connectivity index (χ0v) is 14.8. The highest BCUT2D eigenvalue weighted by Gasteiger charge is 2.23. The van der Waals surface area contributed by atoms with E-state index < -0.39 is 0 Å². The molecule has 2 N–H and O–H groups in total. The zero-order valence-electron chi connectivity index (χ0n) is 14.8. The molecule has 0 aromatic heterocycles. The first kappa shape index (κ1) is 18.5. The minimum atomic E-state index is -0.366. The molecule has 2 rings (SSSR count). The van der Waals surface area contributed by atoms with Gasteiger partial charge in [0.15, 0.2) is 0 Å². The van der Waals surface area contributed by atoms with Crippen molar-refractivity contribution in [2.45, 2.75) is 64.6 Å². The van der Waals surface area contributed by atoms with Gasteiger partial charge in [0.2, 0.25) is 5.91 Å². The second kappa shape index (κ2) is 9.42.